The number of rotatable bonds is 5. The predicted molar refractivity (Wildman–Crippen MR) is 72.2 cm³/mol. The first-order valence-corrected chi connectivity index (χ1v) is 6.19. The number of hydrogen-bond acceptors (Lipinski definition) is 4. The number of anilines is 1. The van der Waals surface area contributed by atoms with E-state index in [2.05, 4.69) is 54.9 Å². The summed E-state index contributed by atoms with van der Waals surface area (Å²) in [7, 11) is 2.05. The van der Waals surface area contributed by atoms with E-state index in [1.165, 1.54) is 0 Å². The van der Waals surface area contributed by atoms with Crippen molar-refractivity contribution in [1.29, 1.82) is 0 Å². The molecule has 4 heteroatoms. The van der Waals surface area contributed by atoms with Crippen molar-refractivity contribution in [2.24, 2.45) is 0 Å². The van der Waals surface area contributed by atoms with Gasteiger partial charge in [-0.1, -0.05) is 6.92 Å². The zero-order valence-corrected chi connectivity index (χ0v) is 11.6. The average molecular weight is 236 g/mol. The van der Waals surface area contributed by atoms with E-state index >= 15 is 0 Å². The van der Waals surface area contributed by atoms with E-state index in [9.17, 15) is 0 Å². The van der Waals surface area contributed by atoms with Crippen molar-refractivity contribution in [3.63, 3.8) is 0 Å². The summed E-state index contributed by atoms with van der Waals surface area (Å²) in [5.41, 5.74) is 1.09. The third kappa shape index (κ3) is 5.13. The van der Waals surface area contributed by atoms with E-state index in [1.54, 1.807) is 0 Å². The summed E-state index contributed by atoms with van der Waals surface area (Å²) in [5.74, 6) is 0.944. The summed E-state index contributed by atoms with van der Waals surface area (Å²) in [4.78, 5) is 11.0. The van der Waals surface area contributed by atoms with Crippen LogP contribution in [0.5, 0.6) is 0 Å². The maximum Gasteiger partial charge on any atom is 0.147 e. The van der Waals surface area contributed by atoms with E-state index in [1.807, 2.05) is 12.4 Å². The Morgan fingerprint density at radius 3 is 2.59 bits per heavy atom. The fourth-order valence-electron chi connectivity index (χ4n) is 1.47. The van der Waals surface area contributed by atoms with E-state index < -0.39 is 0 Å². The van der Waals surface area contributed by atoms with Crippen LogP contribution < -0.4 is 10.2 Å². The van der Waals surface area contributed by atoms with Gasteiger partial charge in [-0.05, 0) is 27.2 Å². The molecule has 1 aromatic heterocycles. The van der Waals surface area contributed by atoms with Crippen molar-refractivity contribution in [3.8, 4) is 0 Å². The number of hydrogen-bond donors (Lipinski definition) is 1. The highest BCUT2D eigenvalue weighted by atomic mass is 15.2. The second-order valence-corrected chi connectivity index (χ2v) is 5.39. The van der Waals surface area contributed by atoms with Crippen LogP contribution in [0.3, 0.4) is 0 Å². The third-order valence-corrected chi connectivity index (χ3v) is 2.42. The van der Waals surface area contributed by atoms with E-state index in [-0.39, 0.29) is 5.54 Å². The van der Waals surface area contributed by atoms with E-state index in [0.717, 1.165) is 31.0 Å². The van der Waals surface area contributed by atoms with Crippen molar-refractivity contribution in [3.05, 3.63) is 18.1 Å². The van der Waals surface area contributed by atoms with E-state index in [0.29, 0.717) is 0 Å². The largest absolute Gasteiger partial charge is 0.358 e. The quantitative estimate of drug-likeness (QED) is 0.851. The fraction of sp³-hybridized carbons (Fsp3) is 0.692. The van der Waals surface area contributed by atoms with Gasteiger partial charge in [0.05, 0.1) is 11.9 Å². The van der Waals surface area contributed by atoms with Gasteiger partial charge in [-0.25, -0.2) is 4.98 Å². The van der Waals surface area contributed by atoms with Gasteiger partial charge >= 0.3 is 0 Å². The molecule has 1 N–H and O–H groups in total. The fourth-order valence-corrected chi connectivity index (χ4v) is 1.47. The number of nitrogens with zero attached hydrogens (tertiary/aromatic N) is 3. The summed E-state index contributed by atoms with van der Waals surface area (Å²) < 4.78 is 0. The van der Waals surface area contributed by atoms with Gasteiger partial charge in [-0.2, -0.15) is 0 Å². The topological polar surface area (TPSA) is 41.1 Å². The maximum atomic E-state index is 4.60. The SMILES string of the molecule is CCCN(C)c1cncc(CNC(C)(C)C)n1. The molecule has 0 aliphatic rings. The van der Waals surface area contributed by atoms with Gasteiger partial charge in [0.15, 0.2) is 0 Å². The molecule has 1 rings (SSSR count). The van der Waals surface area contributed by atoms with Crippen LogP contribution in [0.4, 0.5) is 5.82 Å². The minimum absolute atomic E-state index is 0.104. The molecule has 0 unspecified atom stereocenters. The van der Waals surface area contributed by atoms with Gasteiger partial charge in [0.1, 0.15) is 5.82 Å². The van der Waals surface area contributed by atoms with Gasteiger partial charge in [0.25, 0.3) is 0 Å². The molecule has 0 aliphatic carbocycles. The molecule has 0 atom stereocenters. The molecule has 0 saturated heterocycles. The molecule has 0 amide bonds. The molecule has 0 radical (unpaired) electrons. The Labute approximate surface area is 104 Å². The second kappa shape index (κ2) is 5.96. The van der Waals surface area contributed by atoms with Gasteiger partial charge in [0, 0.05) is 31.9 Å². The monoisotopic (exact) mass is 236 g/mol. The van der Waals surface area contributed by atoms with Crippen LogP contribution in [0.15, 0.2) is 12.4 Å². The molecular formula is C13H24N4. The molecule has 17 heavy (non-hydrogen) atoms. The molecule has 0 aromatic carbocycles. The van der Waals surface area contributed by atoms with E-state index in [4.69, 9.17) is 0 Å². The van der Waals surface area contributed by atoms with Crippen molar-refractivity contribution in [1.82, 2.24) is 15.3 Å². The average Bonchev–Trinajstić information content (AvgIpc) is 2.26. The summed E-state index contributed by atoms with van der Waals surface area (Å²) in [6.45, 7) is 10.4. The Bertz CT molecular complexity index is 344. The predicted octanol–water partition coefficient (Wildman–Crippen LogP) is 2.21. The standard InChI is InChI=1S/C13H24N4/c1-6-7-17(5)12-10-14-8-11(16-12)9-15-13(2,3)4/h8,10,15H,6-7,9H2,1-5H3. The zero-order valence-electron chi connectivity index (χ0n) is 11.6. The first-order chi connectivity index (χ1) is 7.92. The lowest BCUT2D eigenvalue weighted by Gasteiger charge is -2.21. The van der Waals surface area contributed by atoms with Crippen LogP contribution >= 0.6 is 0 Å². The molecule has 0 saturated carbocycles. The molecule has 0 aliphatic heterocycles. The number of nitrogens with one attached hydrogen (secondary N) is 1. The van der Waals surface area contributed by atoms with Crippen molar-refractivity contribution in [2.75, 3.05) is 18.5 Å². The van der Waals surface area contributed by atoms with Crippen LogP contribution in [0, 0.1) is 0 Å². The minimum atomic E-state index is 0.104. The molecule has 1 aromatic rings. The lowest BCUT2D eigenvalue weighted by atomic mass is 10.1. The third-order valence-electron chi connectivity index (χ3n) is 2.42. The normalized spacial score (nSPS) is 11.6. The van der Waals surface area contributed by atoms with Crippen LogP contribution in [-0.4, -0.2) is 29.1 Å². The van der Waals surface area contributed by atoms with Crippen molar-refractivity contribution in [2.45, 2.75) is 46.2 Å². The van der Waals surface area contributed by atoms with Gasteiger partial charge in [-0.15, -0.1) is 0 Å². The zero-order chi connectivity index (χ0) is 12.9. The second-order valence-electron chi connectivity index (χ2n) is 5.39. The Morgan fingerprint density at radius 1 is 1.29 bits per heavy atom. The van der Waals surface area contributed by atoms with Crippen LogP contribution in [0.25, 0.3) is 0 Å². The van der Waals surface area contributed by atoms with Gasteiger partial charge in [0.2, 0.25) is 0 Å². The Kier molecular flexibility index (Phi) is 4.87. The first-order valence-electron chi connectivity index (χ1n) is 6.19. The summed E-state index contributed by atoms with van der Waals surface area (Å²) in [6, 6.07) is 0. The molecule has 96 valence electrons. The smallest absolute Gasteiger partial charge is 0.147 e. The summed E-state index contributed by atoms with van der Waals surface area (Å²) in [6.07, 6.45) is 4.75. The lowest BCUT2D eigenvalue weighted by molar-refractivity contribution is 0.421. The Balaban J connectivity index is 2.66. The van der Waals surface area contributed by atoms with Crippen LogP contribution in [0.1, 0.15) is 39.8 Å². The Morgan fingerprint density at radius 2 is 2.00 bits per heavy atom. The minimum Gasteiger partial charge on any atom is -0.358 e. The van der Waals surface area contributed by atoms with Crippen molar-refractivity contribution >= 4 is 5.82 Å². The van der Waals surface area contributed by atoms with Crippen LogP contribution in [0.2, 0.25) is 0 Å². The molecular weight excluding hydrogens is 212 g/mol. The Hall–Kier alpha value is -1.16. The first kappa shape index (κ1) is 13.9. The summed E-state index contributed by atoms with van der Waals surface area (Å²) in [5, 5.41) is 3.42. The molecule has 0 fully saturated rings. The molecule has 0 bridgehead atoms. The van der Waals surface area contributed by atoms with Crippen LogP contribution in [-0.2, 0) is 6.54 Å². The highest BCUT2D eigenvalue weighted by molar-refractivity contribution is 5.34. The maximum absolute atomic E-state index is 4.60. The molecule has 0 spiro atoms. The molecule has 4 nitrogen and oxygen atoms in total. The molecule has 1 heterocycles. The summed E-state index contributed by atoms with van der Waals surface area (Å²) >= 11 is 0. The highest BCUT2D eigenvalue weighted by Crippen LogP contribution is 2.09. The van der Waals surface area contributed by atoms with Crippen molar-refractivity contribution < 1.29 is 0 Å². The highest BCUT2D eigenvalue weighted by Gasteiger charge is 2.10. The number of aromatic nitrogens is 2. The lowest BCUT2D eigenvalue weighted by Crippen LogP contribution is -2.35. The van der Waals surface area contributed by atoms with Gasteiger partial charge < -0.3 is 10.2 Å². The van der Waals surface area contributed by atoms with Gasteiger partial charge in [-0.3, -0.25) is 4.98 Å².